The number of nitrogens with one attached hydrogen (secondary N) is 1. The topological polar surface area (TPSA) is 21.3 Å². The molecule has 0 aliphatic rings. The molecule has 0 spiro atoms. The molecule has 17 heavy (non-hydrogen) atoms. The van der Waals surface area contributed by atoms with Gasteiger partial charge >= 0.3 is 0 Å². The van der Waals surface area contributed by atoms with Gasteiger partial charge in [0.2, 0.25) is 0 Å². The van der Waals surface area contributed by atoms with E-state index in [1.165, 1.54) is 5.56 Å². The Bertz CT molecular complexity index is 337. The van der Waals surface area contributed by atoms with Crippen molar-refractivity contribution in [2.75, 3.05) is 13.1 Å². The van der Waals surface area contributed by atoms with Crippen LogP contribution in [0.4, 0.5) is 0 Å². The van der Waals surface area contributed by atoms with Crippen LogP contribution in [0.1, 0.15) is 39.7 Å². The molecule has 1 atom stereocenters. The van der Waals surface area contributed by atoms with Crippen LogP contribution < -0.4 is 10.1 Å². The lowest BCUT2D eigenvalue weighted by molar-refractivity contribution is 0.0830. The molecule has 2 nitrogen and oxygen atoms in total. The molecule has 0 bridgehead atoms. The van der Waals surface area contributed by atoms with E-state index >= 15 is 0 Å². The summed E-state index contributed by atoms with van der Waals surface area (Å²) in [6, 6.07) is 8.31. The van der Waals surface area contributed by atoms with Gasteiger partial charge in [-0.05, 0) is 37.9 Å². The summed E-state index contributed by atoms with van der Waals surface area (Å²) in [7, 11) is 0. The lowest BCUT2D eigenvalue weighted by Crippen LogP contribution is -2.42. The third kappa shape index (κ3) is 4.04. The van der Waals surface area contributed by atoms with Crippen LogP contribution in [-0.4, -0.2) is 18.7 Å². The van der Waals surface area contributed by atoms with Gasteiger partial charge in [-0.3, -0.25) is 0 Å². The standard InChI is InChI=1S/C15H25NO/c1-5-13-10-8-9-11-14(13)17-15(4,6-2)12-16-7-3/h8-11,16H,5-7,12H2,1-4H3. The van der Waals surface area contributed by atoms with Crippen molar-refractivity contribution in [3.8, 4) is 5.75 Å². The van der Waals surface area contributed by atoms with Crippen molar-refractivity contribution in [1.29, 1.82) is 0 Å². The van der Waals surface area contributed by atoms with E-state index in [9.17, 15) is 0 Å². The Kier molecular flexibility index (Phi) is 5.49. The number of aryl methyl sites for hydroxylation is 1. The first-order valence-corrected chi connectivity index (χ1v) is 6.62. The predicted octanol–water partition coefficient (Wildman–Crippen LogP) is 3.41. The van der Waals surface area contributed by atoms with Gasteiger partial charge in [0, 0.05) is 6.54 Å². The molecule has 0 aliphatic heterocycles. The van der Waals surface area contributed by atoms with E-state index in [-0.39, 0.29) is 5.60 Å². The molecule has 1 aromatic carbocycles. The highest BCUT2D eigenvalue weighted by Gasteiger charge is 2.24. The maximum Gasteiger partial charge on any atom is 0.123 e. The molecular formula is C15H25NO. The first-order chi connectivity index (χ1) is 8.15. The summed E-state index contributed by atoms with van der Waals surface area (Å²) in [6.45, 7) is 10.5. The Morgan fingerprint density at radius 2 is 1.88 bits per heavy atom. The number of para-hydroxylation sites is 1. The van der Waals surface area contributed by atoms with Crippen molar-refractivity contribution < 1.29 is 4.74 Å². The minimum absolute atomic E-state index is 0.124. The SMILES string of the molecule is CCNCC(C)(CC)Oc1ccccc1CC. The Labute approximate surface area is 105 Å². The van der Waals surface area contributed by atoms with E-state index in [1.54, 1.807) is 0 Å². The molecular weight excluding hydrogens is 210 g/mol. The van der Waals surface area contributed by atoms with Gasteiger partial charge < -0.3 is 10.1 Å². The second kappa shape index (κ2) is 6.65. The predicted molar refractivity (Wildman–Crippen MR) is 73.7 cm³/mol. The van der Waals surface area contributed by atoms with Crippen LogP contribution in [0.2, 0.25) is 0 Å². The fourth-order valence-corrected chi connectivity index (χ4v) is 1.78. The summed E-state index contributed by atoms with van der Waals surface area (Å²) in [5.41, 5.74) is 1.16. The maximum atomic E-state index is 6.21. The Hall–Kier alpha value is -1.02. The van der Waals surface area contributed by atoms with E-state index in [4.69, 9.17) is 4.74 Å². The molecule has 96 valence electrons. The van der Waals surface area contributed by atoms with Crippen molar-refractivity contribution in [1.82, 2.24) is 5.32 Å². The zero-order chi connectivity index (χ0) is 12.7. The molecule has 0 saturated carbocycles. The molecule has 0 fully saturated rings. The van der Waals surface area contributed by atoms with Crippen LogP contribution in [0.15, 0.2) is 24.3 Å². The Balaban J connectivity index is 2.79. The van der Waals surface area contributed by atoms with Crippen LogP contribution >= 0.6 is 0 Å². The molecule has 0 aliphatic carbocycles. The van der Waals surface area contributed by atoms with E-state index < -0.39 is 0 Å². The van der Waals surface area contributed by atoms with E-state index in [1.807, 2.05) is 6.07 Å². The highest BCUT2D eigenvalue weighted by molar-refractivity contribution is 5.33. The molecule has 0 saturated heterocycles. The van der Waals surface area contributed by atoms with Crippen molar-refractivity contribution in [2.24, 2.45) is 0 Å². The summed E-state index contributed by atoms with van der Waals surface area (Å²) in [4.78, 5) is 0. The summed E-state index contributed by atoms with van der Waals surface area (Å²) >= 11 is 0. The molecule has 2 heteroatoms. The van der Waals surface area contributed by atoms with Crippen molar-refractivity contribution in [2.45, 2.75) is 46.1 Å². The average Bonchev–Trinajstić information content (AvgIpc) is 2.37. The average molecular weight is 235 g/mol. The summed E-state index contributed by atoms with van der Waals surface area (Å²) in [6.07, 6.45) is 2.01. The van der Waals surface area contributed by atoms with Gasteiger partial charge in [-0.1, -0.05) is 39.0 Å². The van der Waals surface area contributed by atoms with Crippen molar-refractivity contribution in [3.63, 3.8) is 0 Å². The minimum Gasteiger partial charge on any atom is -0.486 e. The highest BCUT2D eigenvalue weighted by Crippen LogP contribution is 2.25. The van der Waals surface area contributed by atoms with Crippen LogP contribution in [-0.2, 0) is 6.42 Å². The Morgan fingerprint density at radius 1 is 1.18 bits per heavy atom. The minimum atomic E-state index is -0.124. The molecule has 1 aromatic rings. The second-order valence-corrected chi connectivity index (χ2v) is 4.65. The van der Waals surface area contributed by atoms with Gasteiger partial charge in [0.05, 0.1) is 0 Å². The smallest absolute Gasteiger partial charge is 0.123 e. The van der Waals surface area contributed by atoms with Gasteiger partial charge in [-0.25, -0.2) is 0 Å². The number of rotatable bonds is 7. The maximum absolute atomic E-state index is 6.21. The third-order valence-corrected chi connectivity index (χ3v) is 3.21. The third-order valence-electron chi connectivity index (χ3n) is 3.21. The largest absolute Gasteiger partial charge is 0.486 e. The molecule has 1 N–H and O–H groups in total. The number of likely N-dealkylation sites (N-methyl/N-ethyl adjacent to an activating group) is 1. The van der Waals surface area contributed by atoms with Gasteiger partial charge in [0.1, 0.15) is 11.4 Å². The van der Waals surface area contributed by atoms with Crippen LogP contribution in [0, 0.1) is 0 Å². The molecule has 0 radical (unpaired) electrons. The van der Waals surface area contributed by atoms with Gasteiger partial charge in [0.25, 0.3) is 0 Å². The second-order valence-electron chi connectivity index (χ2n) is 4.65. The number of benzene rings is 1. The van der Waals surface area contributed by atoms with Gasteiger partial charge in [0.15, 0.2) is 0 Å². The monoisotopic (exact) mass is 235 g/mol. The Morgan fingerprint density at radius 3 is 2.47 bits per heavy atom. The van der Waals surface area contributed by atoms with Crippen LogP contribution in [0.25, 0.3) is 0 Å². The van der Waals surface area contributed by atoms with E-state index in [2.05, 4.69) is 51.2 Å². The molecule has 1 rings (SSSR count). The fraction of sp³-hybridized carbons (Fsp3) is 0.600. The highest BCUT2D eigenvalue weighted by atomic mass is 16.5. The molecule has 1 unspecified atom stereocenters. The molecule has 0 aromatic heterocycles. The summed E-state index contributed by atoms with van der Waals surface area (Å²) in [5.74, 6) is 1.03. The van der Waals surface area contributed by atoms with Gasteiger partial charge in [-0.2, -0.15) is 0 Å². The molecule has 0 heterocycles. The first-order valence-electron chi connectivity index (χ1n) is 6.62. The lowest BCUT2D eigenvalue weighted by atomic mass is 10.0. The zero-order valence-corrected chi connectivity index (χ0v) is 11.5. The molecule has 0 amide bonds. The summed E-state index contributed by atoms with van der Waals surface area (Å²) in [5, 5.41) is 3.37. The normalized spacial score (nSPS) is 14.4. The van der Waals surface area contributed by atoms with Crippen LogP contribution in [0.5, 0.6) is 5.75 Å². The first kappa shape index (κ1) is 14.0. The number of ether oxygens (including phenoxy) is 1. The quantitative estimate of drug-likeness (QED) is 0.782. The van der Waals surface area contributed by atoms with Gasteiger partial charge in [-0.15, -0.1) is 0 Å². The fourth-order valence-electron chi connectivity index (χ4n) is 1.78. The number of hydrogen-bond donors (Lipinski definition) is 1. The van der Waals surface area contributed by atoms with Crippen molar-refractivity contribution in [3.05, 3.63) is 29.8 Å². The van der Waals surface area contributed by atoms with E-state index in [0.29, 0.717) is 0 Å². The van der Waals surface area contributed by atoms with E-state index in [0.717, 1.165) is 31.7 Å². The number of hydrogen-bond acceptors (Lipinski definition) is 2. The lowest BCUT2D eigenvalue weighted by Gasteiger charge is -2.31. The zero-order valence-electron chi connectivity index (χ0n) is 11.5. The van der Waals surface area contributed by atoms with Crippen molar-refractivity contribution >= 4 is 0 Å². The summed E-state index contributed by atoms with van der Waals surface area (Å²) < 4.78 is 6.21. The van der Waals surface area contributed by atoms with Crippen LogP contribution in [0.3, 0.4) is 0 Å².